The number of nitrogen functional groups attached to an aromatic ring is 1. The van der Waals surface area contributed by atoms with Crippen molar-refractivity contribution < 1.29 is 0 Å². The summed E-state index contributed by atoms with van der Waals surface area (Å²) < 4.78 is 0. The van der Waals surface area contributed by atoms with Gasteiger partial charge in [0.1, 0.15) is 0 Å². The van der Waals surface area contributed by atoms with Gasteiger partial charge in [-0.2, -0.15) is 0 Å². The minimum Gasteiger partial charge on any atom is -0.399 e. The molecule has 0 saturated carbocycles. The van der Waals surface area contributed by atoms with E-state index in [4.69, 9.17) is 17.3 Å². The first-order chi connectivity index (χ1) is 12.4. The van der Waals surface area contributed by atoms with E-state index in [-0.39, 0.29) is 0 Å². The molecule has 1 aromatic carbocycles. The summed E-state index contributed by atoms with van der Waals surface area (Å²) in [6, 6.07) is 7.68. The lowest BCUT2D eigenvalue weighted by Crippen LogP contribution is -2.44. The minimum atomic E-state index is 0.554. The van der Waals surface area contributed by atoms with E-state index in [1.807, 2.05) is 31.3 Å². The summed E-state index contributed by atoms with van der Waals surface area (Å²) in [5, 5.41) is 1.50. The number of anilines is 3. The van der Waals surface area contributed by atoms with Crippen LogP contribution in [-0.4, -0.2) is 43.1 Å². The molecule has 7 nitrogen and oxygen atoms in total. The molecule has 0 bridgehead atoms. The quantitative estimate of drug-likeness (QED) is 0.433. The second kappa shape index (κ2) is 7.63. The van der Waals surface area contributed by atoms with Gasteiger partial charge < -0.3 is 21.3 Å². The van der Waals surface area contributed by atoms with Crippen LogP contribution in [0.4, 0.5) is 17.1 Å². The summed E-state index contributed by atoms with van der Waals surface area (Å²) in [5.74, 6) is 6.18. The van der Waals surface area contributed by atoms with E-state index < -0.39 is 0 Å². The van der Waals surface area contributed by atoms with Crippen LogP contribution < -0.4 is 27.2 Å². The van der Waals surface area contributed by atoms with Crippen molar-refractivity contribution in [2.45, 2.75) is 6.92 Å². The van der Waals surface area contributed by atoms with E-state index in [9.17, 15) is 0 Å². The third-order valence-corrected chi connectivity index (χ3v) is 4.72. The summed E-state index contributed by atoms with van der Waals surface area (Å²) in [6.07, 6.45) is 5.34. The van der Waals surface area contributed by atoms with E-state index in [1.54, 1.807) is 12.4 Å². The van der Waals surface area contributed by atoms with Crippen LogP contribution in [0.5, 0.6) is 0 Å². The number of rotatable bonds is 4. The molecule has 2 aromatic rings. The fraction of sp³-hybridized carbons (Fsp3) is 0.316. The number of aryl methyl sites for hydroxylation is 1. The number of hydrogen-bond acceptors (Lipinski definition) is 7. The summed E-state index contributed by atoms with van der Waals surface area (Å²) >= 11 is 0. The predicted molar refractivity (Wildman–Crippen MR) is 108 cm³/mol. The van der Waals surface area contributed by atoms with Crippen LogP contribution in [0.25, 0.3) is 5.70 Å². The molecule has 0 atom stereocenters. The first kappa shape index (κ1) is 18.0. The lowest BCUT2D eigenvalue weighted by Gasteiger charge is -2.34. The second-order valence-electron chi connectivity index (χ2n) is 6.76. The largest absolute Gasteiger partial charge is 0.399 e. The molecule has 0 spiro atoms. The van der Waals surface area contributed by atoms with E-state index in [2.05, 4.69) is 27.9 Å². The number of pyridine rings is 1. The van der Waals surface area contributed by atoms with Crippen molar-refractivity contribution in [1.82, 2.24) is 9.88 Å². The summed E-state index contributed by atoms with van der Waals surface area (Å²) in [7, 11) is 2.14. The van der Waals surface area contributed by atoms with Crippen LogP contribution in [0.15, 0.2) is 42.9 Å². The zero-order chi connectivity index (χ0) is 18.7. The fourth-order valence-corrected chi connectivity index (χ4v) is 3.02. The van der Waals surface area contributed by atoms with Crippen molar-refractivity contribution in [3.63, 3.8) is 0 Å². The van der Waals surface area contributed by atoms with Crippen molar-refractivity contribution in [1.29, 1.82) is 0 Å². The molecule has 26 heavy (non-hydrogen) atoms. The van der Waals surface area contributed by atoms with Crippen LogP contribution in [0.1, 0.15) is 11.1 Å². The Morgan fingerprint density at radius 1 is 1.15 bits per heavy atom. The number of nitrogens with two attached hydrogens (primary N) is 3. The Labute approximate surface area is 154 Å². The van der Waals surface area contributed by atoms with Crippen molar-refractivity contribution >= 4 is 22.8 Å². The molecule has 7 heteroatoms. The molecular weight excluding hydrogens is 326 g/mol. The number of benzene rings is 1. The van der Waals surface area contributed by atoms with Crippen molar-refractivity contribution in [2.24, 2.45) is 11.6 Å². The SMILES string of the molecule is Cc1ccc(N)cc1N(N)/C=C(\N)c1cncc(N2CCN(C)CC2)c1. The zero-order valence-corrected chi connectivity index (χ0v) is 15.4. The number of hydrazine groups is 1. The Kier molecular flexibility index (Phi) is 5.29. The Morgan fingerprint density at radius 3 is 2.62 bits per heavy atom. The molecule has 0 amide bonds. The Hall–Kier alpha value is -2.77. The normalized spacial score (nSPS) is 16.0. The average Bonchev–Trinajstić information content (AvgIpc) is 2.64. The lowest BCUT2D eigenvalue weighted by molar-refractivity contribution is 0.313. The van der Waals surface area contributed by atoms with Gasteiger partial charge in [0.15, 0.2) is 0 Å². The molecule has 1 saturated heterocycles. The van der Waals surface area contributed by atoms with Gasteiger partial charge in [-0.15, -0.1) is 0 Å². The molecule has 2 heterocycles. The topological polar surface area (TPSA) is 101 Å². The monoisotopic (exact) mass is 353 g/mol. The number of piperazine rings is 1. The van der Waals surface area contributed by atoms with Gasteiger partial charge in [-0.3, -0.25) is 9.99 Å². The molecule has 1 aliphatic heterocycles. The fourth-order valence-electron chi connectivity index (χ4n) is 3.02. The Bertz CT molecular complexity index is 794. The molecule has 6 N–H and O–H groups in total. The van der Waals surface area contributed by atoms with Crippen LogP contribution in [0.3, 0.4) is 0 Å². The van der Waals surface area contributed by atoms with E-state index in [0.29, 0.717) is 11.4 Å². The van der Waals surface area contributed by atoms with Crippen molar-refractivity contribution in [3.8, 4) is 0 Å². The molecule has 0 radical (unpaired) electrons. The maximum Gasteiger partial charge on any atom is 0.0618 e. The summed E-state index contributed by atoms with van der Waals surface area (Å²) in [6.45, 7) is 6.03. The Balaban J connectivity index is 1.80. The first-order valence-corrected chi connectivity index (χ1v) is 8.70. The van der Waals surface area contributed by atoms with Crippen molar-refractivity contribution in [3.05, 3.63) is 54.0 Å². The van der Waals surface area contributed by atoms with Gasteiger partial charge in [0, 0.05) is 49.8 Å². The molecule has 1 aliphatic rings. The van der Waals surface area contributed by atoms with E-state index in [0.717, 1.165) is 48.7 Å². The number of hydrogen-bond donors (Lipinski definition) is 3. The van der Waals surface area contributed by atoms with Gasteiger partial charge in [0.25, 0.3) is 0 Å². The average molecular weight is 353 g/mol. The van der Waals surface area contributed by atoms with Gasteiger partial charge in [-0.1, -0.05) is 6.07 Å². The van der Waals surface area contributed by atoms with Crippen LogP contribution in [0.2, 0.25) is 0 Å². The lowest BCUT2D eigenvalue weighted by atomic mass is 10.1. The van der Waals surface area contributed by atoms with Gasteiger partial charge >= 0.3 is 0 Å². The number of nitrogens with zero attached hydrogens (tertiary/aromatic N) is 4. The van der Waals surface area contributed by atoms with Gasteiger partial charge in [0.2, 0.25) is 0 Å². The molecule has 1 aromatic heterocycles. The molecular formula is C19H27N7. The highest BCUT2D eigenvalue weighted by Crippen LogP contribution is 2.23. The van der Waals surface area contributed by atoms with E-state index in [1.165, 1.54) is 5.01 Å². The van der Waals surface area contributed by atoms with Crippen LogP contribution >= 0.6 is 0 Å². The first-order valence-electron chi connectivity index (χ1n) is 8.70. The highest BCUT2D eigenvalue weighted by molar-refractivity contribution is 5.70. The molecule has 138 valence electrons. The highest BCUT2D eigenvalue weighted by Gasteiger charge is 2.15. The van der Waals surface area contributed by atoms with Crippen LogP contribution in [-0.2, 0) is 0 Å². The predicted octanol–water partition coefficient (Wildman–Crippen LogP) is 1.36. The molecule has 3 rings (SSSR count). The number of aromatic nitrogens is 1. The second-order valence-corrected chi connectivity index (χ2v) is 6.76. The van der Waals surface area contributed by atoms with E-state index >= 15 is 0 Å². The highest BCUT2D eigenvalue weighted by atomic mass is 15.4. The maximum atomic E-state index is 6.28. The standard InChI is InChI=1S/C19H27N7/c1-14-3-4-16(20)10-19(14)26(22)13-18(21)15-9-17(12-23-11-15)25-7-5-24(2)6-8-25/h3-4,9-13H,5-8,20-22H2,1-2H3/b18-13-. The zero-order valence-electron chi connectivity index (χ0n) is 15.4. The number of likely N-dealkylation sites (N-methyl/N-ethyl adjacent to an activating group) is 1. The summed E-state index contributed by atoms with van der Waals surface area (Å²) in [4.78, 5) is 9.00. The molecule has 0 aliphatic carbocycles. The summed E-state index contributed by atoms with van der Waals surface area (Å²) in [5.41, 5.74) is 17.1. The maximum absolute atomic E-state index is 6.28. The van der Waals surface area contributed by atoms with Gasteiger partial charge in [-0.25, -0.2) is 5.84 Å². The molecule has 1 fully saturated rings. The van der Waals surface area contributed by atoms with Crippen molar-refractivity contribution in [2.75, 3.05) is 48.9 Å². The smallest absolute Gasteiger partial charge is 0.0618 e. The molecule has 0 unspecified atom stereocenters. The minimum absolute atomic E-state index is 0.554. The van der Waals surface area contributed by atoms with Gasteiger partial charge in [0.05, 0.1) is 23.3 Å². The Morgan fingerprint density at radius 2 is 1.88 bits per heavy atom. The van der Waals surface area contributed by atoms with Gasteiger partial charge in [-0.05, 0) is 37.7 Å². The third kappa shape index (κ3) is 4.07. The van der Waals surface area contributed by atoms with Crippen LogP contribution in [0, 0.1) is 6.92 Å². The third-order valence-electron chi connectivity index (χ3n) is 4.72.